The van der Waals surface area contributed by atoms with Crippen molar-refractivity contribution < 1.29 is 32.7 Å². The van der Waals surface area contributed by atoms with Gasteiger partial charge in [-0.05, 0) is 60.0 Å². The molecule has 2 aliphatic rings. The van der Waals surface area contributed by atoms with Crippen LogP contribution >= 0.6 is 0 Å². The number of nitrogens with zero attached hydrogens (tertiary/aromatic N) is 3. The summed E-state index contributed by atoms with van der Waals surface area (Å²) in [5, 5.41) is 10.1. The van der Waals surface area contributed by atoms with Crippen molar-refractivity contribution in [3.05, 3.63) is 89.3 Å². The summed E-state index contributed by atoms with van der Waals surface area (Å²) in [6, 6.07) is 16.3. The van der Waals surface area contributed by atoms with Crippen molar-refractivity contribution in [3.63, 3.8) is 0 Å². The lowest BCUT2D eigenvalue weighted by atomic mass is 9.99. The first kappa shape index (κ1) is 31.0. The summed E-state index contributed by atoms with van der Waals surface area (Å²) in [6.07, 6.45) is 0.0752. The molecule has 2 aliphatic heterocycles. The maximum atomic E-state index is 14.7. The summed E-state index contributed by atoms with van der Waals surface area (Å²) >= 11 is 0. The Hall–Kier alpha value is -4.97. The first-order valence-electron chi connectivity index (χ1n) is 15.2. The highest BCUT2D eigenvalue weighted by Crippen LogP contribution is 2.33. The van der Waals surface area contributed by atoms with Gasteiger partial charge in [-0.2, -0.15) is 4.98 Å². The topological polar surface area (TPSA) is 128 Å². The molecule has 6 rings (SSSR count). The third-order valence-corrected chi connectivity index (χ3v) is 7.98. The van der Waals surface area contributed by atoms with Crippen LogP contribution in [0, 0.1) is 5.82 Å². The number of benzene rings is 3. The molecule has 3 aromatic carbocycles. The highest BCUT2D eigenvalue weighted by Gasteiger charge is 2.33. The second-order valence-electron chi connectivity index (χ2n) is 11.8. The molecule has 2 N–H and O–H groups in total. The van der Waals surface area contributed by atoms with Crippen LogP contribution in [0.1, 0.15) is 53.8 Å². The van der Waals surface area contributed by atoms with Gasteiger partial charge in [0.1, 0.15) is 29.2 Å². The number of ether oxygens (including phenoxy) is 3. The molecule has 46 heavy (non-hydrogen) atoms. The van der Waals surface area contributed by atoms with Gasteiger partial charge in [0.2, 0.25) is 5.89 Å². The van der Waals surface area contributed by atoms with Crippen molar-refractivity contribution in [2.24, 2.45) is 0 Å². The molecule has 1 saturated heterocycles. The minimum absolute atomic E-state index is 0.0844. The molecule has 0 radical (unpaired) electrons. The molecule has 240 valence electrons. The van der Waals surface area contributed by atoms with Crippen molar-refractivity contribution in [3.8, 4) is 28.4 Å². The smallest absolute Gasteiger partial charge is 0.258 e. The fraction of sp³-hybridized carbons (Fsp3) is 0.353. The van der Waals surface area contributed by atoms with E-state index in [1.807, 2.05) is 19.9 Å². The van der Waals surface area contributed by atoms with Crippen LogP contribution in [0.5, 0.6) is 17.2 Å². The van der Waals surface area contributed by atoms with Gasteiger partial charge in [0, 0.05) is 42.7 Å². The summed E-state index contributed by atoms with van der Waals surface area (Å²) < 4.78 is 37.8. The third-order valence-electron chi connectivity index (χ3n) is 7.98. The van der Waals surface area contributed by atoms with Crippen LogP contribution in [0.4, 0.5) is 4.39 Å². The van der Waals surface area contributed by atoms with E-state index in [0.717, 1.165) is 5.56 Å². The molecular weight excluding hydrogens is 593 g/mol. The van der Waals surface area contributed by atoms with E-state index < -0.39 is 18.0 Å². The number of carbonyl (C=O) groups is 2. The van der Waals surface area contributed by atoms with Gasteiger partial charge in [-0.3, -0.25) is 14.5 Å². The van der Waals surface area contributed by atoms with E-state index in [-0.39, 0.29) is 30.9 Å². The van der Waals surface area contributed by atoms with Gasteiger partial charge < -0.3 is 29.4 Å². The van der Waals surface area contributed by atoms with Crippen molar-refractivity contribution in [2.75, 3.05) is 26.8 Å². The third kappa shape index (κ3) is 7.28. The molecule has 0 unspecified atom stereocenters. The molecule has 2 atom stereocenters. The van der Waals surface area contributed by atoms with Crippen LogP contribution in [-0.4, -0.2) is 65.8 Å². The summed E-state index contributed by atoms with van der Waals surface area (Å²) in [5.41, 5.74) is 2.39. The van der Waals surface area contributed by atoms with E-state index in [2.05, 4.69) is 25.7 Å². The average Bonchev–Trinajstić information content (AvgIpc) is 3.52. The van der Waals surface area contributed by atoms with Crippen LogP contribution in [0.3, 0.4) is 0 Å². The number of rotatable bonds is 4. The monoisotopic (exact) mass is 629 g/mol. The Kier molecular flexibility index (Phi) is 9.16. The van der Waals surface area contributed by atoms with Gasteiger partial charge in [0.05, 0.1) is 19.7 Å². The molecule has 0 spiro atoms. The molecule has 6 bridgehead atoms. The van der Waals surface area contributed by atoms with Gasteiger partial charge in [0.25, 0.3) is 11.8 Å². The van der Waals surface area contributed by atoms with E-state index in [1.165, 1.54) is 12.1 Å². The maximum absolute atomic E-state index is 14.7. The van der Waals surface area contributed by atoms with Gasteiger partial charge in [-0.1, -0.05) is 31.1 Å². The average molecular weight is 630 g/mol. The number of aromatic nitrogens is 2. The number of halogens is 1. The van der Waals surface area contributed by atoms with E-state index in [0.29, 0.717) is 71.7 Å². The predicted molar refractivity (Wildman–Crippen MR) is 166 cm³/mol. The minimum atomic E-state index is -0.498. The van der Waals surface area contributed by atoms with E-state index in [4.69, 9.17) is 18.7 Å². The lowest BCUT2D eigenvalue weighted by Crippen LogP contribution is -2.56. The second-order valence-corrected chi connectivity index (χ2v) is 11.8. The number of piperidine rings is 1. The summed E-state index contributed by atoms with van der Waals surface area (Å²) in [5.74, 6) is 1.43. The Balaban J connectivity index is 1.33. The Labute approximate surface area is 266 Å². The molecule has 4 aromatic rings. The predicted octanol–water partition coefficient (Wildman–Crippen LogP) is 4.47. The minimum Gasteiger partial charge on any atom is -0.496 e. The van der Waals surface area contributed by atoms with Crippen molar-refractivity contribution in [1.29, 1.82) is 0 Å². The normalized spacial score (nSPS) is 19.0. The zero-order valence-electron chi connectivity index (χ0n) is 25.9. The highest BCUT2D eigenvalue weighted by atomic mass is 19.1. The standard InChI is InChI=1S/C34H36FN5O6/c1-20(2)34-38-31(39-46-34)18-40-10-9-30-28(17-40)37-33(42)23-7-8-29(43-3)27(14-23)22-5-4-6-25(13-22)44-19-32(41)36-16-21-11-24(35)15-26(12-21)45-30/h4-8,11-15,20,28,30H,9-10,16-19H2,1-3H3,(H,36,41)(H,37,42)/t28-,30-/m1/s1. The summed E-state index contributed by atoms with van der Waals surface area (Å²) in [6.45, 7) is 5.32. The number of hydrogen-bond donors (Lipinski definition) is 2. The Morgan fingerprint density at radius 1 is 1.07 bits per heavy atom. The number of nitrogens with one attached hydrogen (secondary N) is 2. The first-order valence-corrected chi connectivity index (χ1v) is 15.2. The molecule has 0 aliphatic carbocycles. The lowest BCUT2D eigenvalue weighted by Gasteiger charge is -2.38. The number of methoxy groups -OCH3 is 1. The number of likely N-dealkylation sites (tertiary alicyclic amines) is 1. The van der Waals surface area contributed by atoms with Gasteiger partial charge in [-0.25, -0.2) is 4.39 Å². The van der Waals surface area contributed by atoms with Crippen LogP contribution < -0.4 is 24.8 Å². The zero-order chi connectivity index (χ0) is 32.2. The van der Waals surface area contributed by atoms with Crippen molar-refractivity contribution in [1.82, 2.24) is 25.7 Å². The number of hydrogen-bond acceptors (Lipinski definition) is 9. The van der Waals surface area contributed by atoms with Crippen molar-refractivity contribution in [2.45, 2.75) is 51.4 Å². The molecular formula is C34H36FN5O6. The highest BCUT2D eigenvalue weighted by molar-refractivity contribution is 5.96. The molecule has 3 heterocycles. The Morgan fingerprint density at radius 3 is 2.74 bits per heavy atom. The number of carbonyl (C=O) groups excluding carboxylic acids is 2. The lowest BCUT2D eigenvalue weighted by molar-refractivity contribution is -0.123. The number of amides is 2. The molecule has 12 heteroatoms. The SMILES string of the molecule is COc1ccc2cc1-c1cccc(c1)OCC(=O)NCc1cc(F)cc(c1)O[C@@H]1CCN(Cc3noc(C(C)C)n3)C[C@H]1NC2=O. The van der Waals surface area contributed by atoms with Crippen LogP contribution in [0.15, 0.2) is 65.2 Å². The Morgan fingerprint density at radius 2 is 1.93 bits per heavy atom. The maximum Gasteiger partial charge on any atom is 0.258 e. The largest absolute Gasteiger partial charge is 0.496 e. The first-order chi connectivity index (χ1) is 22.2. The van der Waals surface area contributed by atoms with E-state index >= 15 is 0 Å². The van der Waals surface area contributed by atoms with Crippen LogP contribution in [0.2, 0.25) is 0 Å². The fourth-order valence-electron chi connectivity index (χ4n) is 5.63. The fourth-order valence-corrected chi connectivity index (χ4v) is 5.63. The molecule has 1 aromatic heterocycles. The Bertz CT molecular complexity index is 1730. The van der Waals surface area contributed by atoms with Crippen LogP contribution in [-0.2, 0) is 17.9 Å². The van der Waals surface area contributed by atoms with Gasteiger partial charge in [0.15, 0.2) is 12.4 Å². The molecule has 2 amide bonds. The van der Waals surface area contributed by atoms with E-state index in [9.17, 15) is 14.0 Å². The second kappa shape index (κ2) is 13.6. The zero-order valence-corrected chi connectivity index (χ0v) is 25.9. The van der Waals surface area contributed by atoms with Crippen molar-refractivity contribution >= 4 is 11.8 Å². The quantitative estimate of drug-likeness (QED) is 0.336. The molecule has 1 fully saturated rings. The summed E-state index contributed by atoms with van der Waals surface area (Å²) in [7, 11) is 1.56. The van der Waals surface area contributed by atoms with Crippen LogP contribution in [0.25, 0.3) is 11.1 Å². The van der Waals surface area contributed by atoms with Gasteiger partial charge >= 0.3 is 0 Å². The van der Waals surface area contributed by atoms with E-state index in [1.54, 1.807) is 49.6 Å². The molecule has 11 nitrogen and oxygen atoms in total. The number of fused-ring (bicyclic) bond motifs is 8. The molecule has 0 saturated carbocycles. The van der Waals surface area contributed by atoms with Gasteiger partial charge in [-0.15, -0.1) is 0 Å². The summed E-state index contributed by atoms with van der Waals surface area (Å²) in [4.78, 5) is 33.1.